The minimum absolute atomic E-state index is 0.142. The normalized spacial score (nSPS) is 16.2. The van der Waals surface area contributed by atoms with E-state index in [1.165, 1.54) is 11.2 Å². The van der Waals surface area contributed by atoms with Crippen molar-refractivity contribution in [3.8, 4) is 0 Å². The van der Waals surface area contributed by atoms with Gasteiger partial charge in [-0.25, -0.2) is 0 Å². The minimum Gasteiger partial charge on any atom is -0.459 e. The lowest BCUT2D eigenvalue weighted by atomic mass is 9.93. The number of nitrogens with zero attached hydrogens (tertiary/aromatic N) is 1. The van der Waals surface area contributed by atoms with Crippen LogP contribution < -0.4 is 10.6 Å². The predicted molar refractivity (Wildman–Crippen MR) is 103 cm³/mol. The van der Waals surface area contributed by atoms with E-state index in [1.807, 2.05) is 45.0 Å². The lowest BCUT2D eigenvalue weighted by Gasteiger charge is -2.35. The number of carbonyl (C=O) groups is 3. The van der Waals surface area contributed by atoms with E-state index in [-0.39, 0.29) is 35.6 Å². The molecule has 0 spiro atoms. The number of benzene rings is 1. The van der Waals surface area contributed by atoms with Gasteiger partial charge in [0.1, 0.15) is 6.04 Å². The highest BCUT2D eigenvalue weighted by Crippen LogP contribution is 2.25. The number of carbonyl (C=O) groups excluding carboxylic acids is 3. The summed E-state index contributed by atoms with van der Waals surface area (Å²) >= 11 is 0. The van der Waals surface area contributed by atoms with Crippen molar-refractivity contribution in [3.05, 3.63) is 59.5 Å². The maximum Gasteiger partial charge on any atom is 0.290 e. The number of hydrogen-bond acceptors (Lipinski definition) is 4. The second-order valence-corrected chi connectivity index (χ2v) is 7.91. The molecule has 7 nitrogen and oxygen atoms in total. The van der Waals surface area contributed by atoms with Crippen LogP contribution in [0.2, 0.25) is 0 Å². The van der Waals surface area contributed by atoms with Gasteiger partial charge >= 0.3 is 0 Å². The Hall–Kier alpha value is -3.09. The third-order valence-electron chi connectivity index (χ3n) is 4.48. The summed E-state index contributed by atoms with van der Waals surface area (Å²) in [5.41, 5.74) is 1.63. The fraction of sp³-hybridized carbons (Fsp3) is 0.381. The van der Waals surface area contributed by atoms with E-state index in [1.54, 1.807) is 12.1 Å². The molecule has 2 heterocycles. The SMILES string of the molecule is CC(C)(C)NC(=O)CNC(=O)[C@@H]1Cc2ccccc2CN1C(=O)c1ccco1. The summed E-state index contributed by atoms with van der Waals surface area (Å²) in [5, 5.41) is 5.46. The number of rotatable bonds is 4. The molecule has 7 heteroatoms. The molecule has 0 aliphatic carbocycles. The van der Waals surface area contributed by atoms with Crippen LogP contribution in [0.15, 0.2) is 47.1 Å². The van der Waals surface area contributed by atoms with E-state index >= 15 is 0 Å². The van der Waals surface area contributed by atoms with E-state index in [9.17, 15) is 14.4 Å². The Bertz CT molecular complexity index is 868. The molecule has 0 saturated heterocycles. The molecule has 3 rings (SSSR count). The van der Waals surface area contributed by atoms with Crippen LogP contribution >= 0.6 is 0 Å². The number of hydrogen-bond donors (Lipinski definition) is 2. The average molecular weight is 383 g/mol. The molecular weight excluding hydrogens is 358 g/mol. The van der Waals surface area contributed by atoms with Crippen LogP contribution in [0, 0.1) is 0 Å². The summed E-state index contributed by atoms with van der Waals surface area (Å²) in [4.78, 5) is 39.3. The molecule has 0 fully saturated rings. The van der Waals surface area contributed by atoms with Gasteiger partial charge in [0, 0.05) is 18.5 Å². The zero-order valence-electron chi connectivity index (χ0n) is 16.3. The Balaban J connectivity index is 1.76. The maximum atomic E-state index is 12.9. The van der Waals surface area contributed by atoms with E-state index in [0.29, 0.717) is 13.0 Å². The smallest absolute Gasteiger partial charge is 0.290 e. The van der Waals surface area contributed by atoms with Gasteiger partial charge < -0.3 is 20.0 Å². The molecule has 0 unspecified atom stereocenters. The van der Waals surface area contributed by atoms with Gasteiger partial charge in [0.25, 0.3) is 5.91 Å². The van der Waals surface area contributed by atoms with Crippen LogP contribution in [0.1, 0.15) is 42.5 Å². The van der Waals surface area contributed by atoms with Crippen molar-refractivity contribution in [1.82, 2.24) is 15.5 Å². The third-order valence-corrected chi connectivity index (χ3v) is 4.48. The monoisotopic (exact) mass is 383 g/mol. The summed E-state index contributed by atoms with van der Waals surface area (Å²) in [5.74, 6) is -0.805. The van der Waals surface area contributed by atoms with Gasteiger partial charge in [-0.1, -0.05) is 24.3 Å². The van der Waals surface area contributed by atoms with Crippen molar-refractivity contribution in [2.45, 2.75) is 45.3 Å². The highest BCUT2D eigenvalue weighted by Gasteiger charge is 2.36. The Morgan fingerprint density at radius 1 is 1.11 bits per heavy atom. The first kappa shape index (κ1) is 19.7. The van der Waals surface area contributed by atoms with Gasteiger partial charge in [0.2, 0.25) is 11.8 Å². The first-order valence-electron chi connectivity index (χ1n) is 9.24. The highest BCUT2D eigenvalue weighted by atomic mass is 16.3. The second-order valence-electron chi connectivity index (χ2n) is 7.91. The standard InChI is InChI=1S/C21H25N3O4/c1-21(2,3)23-18(25)12-22-19(26)16-11-14-7-4-5-8-15(14)13-24(16)20(27)17-9-6-10-28-17/h4-10,16H,11-13H2,1-3H3,(H,22,26)(H,23,25)/t16-/m0/s1. The Kier molecular flexibility index (Phi) is 5.53. The van der Waals surface area contributed by atoms with E-state index in [2.05, 4.69) is 10.6 Å². The summed E-state index contributed by atoms with van der Waals surface area (Å²) in [6.07, 6.45) is 1.81. The van der Waals surface area contributed by atoms with Gasteiger partial charge in [-0.15, -0.1) is 0 Å². The lowest BCUT2D eigenvalue weighted by Crippen LogP contribution is -2.54. The van der Waals surface area contributed by atoms with E-state index < -0.39 is 6.04 Å². The summed E-state index contributed by atoms with van der Waals surface area (Å²) in [6, 6.07) is 10.2. The van der Waals surface area contributed by atoms with Crippen molar-refractivity contribution < 1.29 is 18.8 Å². The first-order chi connectivity index (χ1) is 13.2. The molecule has 28 heavy (non-hydrogen) atoms. The van der Waals surface area contributed by atoms with Gasteiger partial charge in [-0.05, 0) is 44.0 Å². The minimum atomic E-state index is -0.713. The van der Waals surface area contributed by atoms with Gasteiger partial charge in [0.05, 0.1) is 12.8 Å². The van der Waals surface area contributed by atoms with Gasteiger partial charge in [-0.2, -0.15) is 0 Å². The molecule has 2 aromatic rings. The molecule has 2 N–H and O–H groups in total. The van der Waals surface area contributed by atoms with Crippen molar-refractivity contribution in [2.75, 3.05) is 6.54 Å². The summed E-state index contributed by atoms with van der Waals surface area (Å²) in [6.45, 7) is 5.77. The van der Waals surface area contributed by atoms with Crippen molar-refractivity contribution in [3.63, 3.8) is 0 Å². The number of nitrogens with one attached hydrogen (secondary N) is 2. The Labute approximate surface area is 164 Å². The topological polar surface area (TPSA) is 91.7 Å². The molecule has 0 saturated carbocycles. The second kappa shape index (κ2) is 7.88. The Morgan fingerprint density at radius 2 is 1.82 bits per heavy atom. The van der Waals surface area contributed by atoms with Crippen molar-refractivity contribution in [2.24, 2.45) is 0 Å². The van der Waals surface area contributed by atoms with Crippen molar-refractivity contribution in [1.29, 1.82) is 0 Å². The van der Waals surface area contributed by atoms with E-state index in [4.69, 9.17) is 4.42 Å². The number of amides is 3. The maximum absolute atomic E-state index is 12.9. The molecule has 0 bridgehead atoms. The van der Waals surface area contributed by atoms with Crippen LogP contribution in [-0.4, -0.2) is 40.7 Å². The predicted octanol–water partition coefficient (Wildman–Crippen LogP) is 1.88. The van der Waals surface area contributed by atoms with Crippen LogP contribution in [0.4, 0.5) is 0 Å². The molecule has 1 aromatic heterocycles. The fourth-order valence-electron chi connectivity index (χ4n) is 3.26. The molecule has 1 aliphatic rings. The zero-order chi connectivity index (χ0) is 20.3. The summed E-state index contributed by atoms with van der Waals surface area (Å²) in [7, 11) is 0. The van der Waals surface area contributed by atoms with Crippen LogP contribution in [-0.2, 0) is 22.6 Å². The number of fused-ring (bicyclic) bond motifs is 1. The fourth-order valence-corrected chi connectivity index (χ4v) is 3.26. The van der Waals surface area contributed by atoms with Crippen LogP contribution in [0.5, 0.6) is 0 Å². The highest BCUT2D eigenvalue weighted by molar-refractivity contribution is 5.96. The molecular formula is C21H25N3O4. The average Bonchev–Trinajstić information content (AvgIpc) is 3.18. The quantitative estimate of drug-likeness (QED) is 0.843. The van der Waals surface area contributed by atoms with Crippen LogP contribution in [0.25, 0.3) is 0 Å². The zero-order valence-corrected chi connectivity index (χ0v) is 16.3. The van der Waals surface area contributed by atoms with E-state index in [0.717, 1.165) is 11.1 Å². The molecule has 148 valence electrons. The number of furan rings is 1. The van der Waals surface area contributed by atoms with Gasteiger partial charge in [-0.3, -0.25) is 14.4 Å². The molecule has 1 aromatic carbocycles. The molecule has 0 radical (unpaired) electrons. The largest absolute Gasteiger partial charge is 0.459 e. The van der Waals surface area contributed by atoms with Crippen molar-refractivity contribution >= 4 is 17.7 Å². The molecule has 3 amide bonds. The van der Waals surface area contributed by atoms with Crippen LogP contribution in [0.3, 0.4) is 0 Å². The molecule has 1 aliphatic heterocycles. The molecule has 1 atom stereocenters. The Morgan fingerprint density at radius 3 is 2.46 bits per heavy atom. The summed E-state index contributed by atoms with van der Waals surface area (Å²) < 4.78 is 5.23. The first-order valence-corrected chi connectivity index (χ1v) is 9.24. The lowest BCUT2D eigenvalue weighted by molar-refractivity contribution is -0.129. The van der Waals surface area contributed by atoms with Gasteiger partial charge in [0.15, 0.2) is 5.76 Å². The third kappa shape index (κ3) is 4.60.